The quantitative estimate of drug-likeness (QED) is 0.522. The SMILES string of the molecule is [CH]=CC(CC)CC[CH2]. The Balaban J connectivity index is 3.21. The fourth-order valence-corrected chi connectivity index (χ4v) is 0.699. The van der Waals surface area contributed by atoms with Crippen molar-refractivity contribution in [2.45, 2.75) is 26.2 Å². The maximum absolute atomic E-state index is 5.32. The topological polar surface area (TPSA) is 0 Å². The van der Waals surface area contributed by atoms with Crippen molar-refractivity contribution in [1.82, 2.24) is 0 Å². The third-order valence-corrected chi connectivity index (χ3v) is 1.37. The highest BCUT2D eigenvalue weighted by Gasteiger charge is 1.95. The van der Waals surface area contributed by atoms with E-state index in [0.29, 0.717) is 5.92 Å². The molecular formula is C8H14. The van der Waals surface area contributed by atoms with Crippen LogP contribution in [0.3, 0.4) is 0 Å². The molecule has 0 aliphatic carbocycles. The van der Waals surface area contributed by atoms with E-state index >= 15 is 0 Å². The molecule has 46 valence electrons. The third kappa shape index (κ3) is 2.84. The van der Waals surface area contributed by atoms with Gasteiger partial charge in [-0.1, -0.05) is 32.9 Å². The highest BCUT2D eigenvalue weighted by Crippen LogP contribution is 2.09. The first kappa shape index (κ1) is 7.74. The summed E-state index contributed by atoms with van der Waals surface area (Å²) in [6.45, 7) is 11.2. The van der Waals surface area contributed by atoms with E-state index < -0.39 is 0 Å². The van der Waals surface area contributed by atoms with Crippen LogP contribution in [0.1, 0.15) is 26.2 Å². The Kier molecular flexibility index (Phi) is 4.73. The van der Waals surface area contributed by atoms with Crippen LogP contribution < -0.4 is 0 Å². The van der Waals surface area contributed by atoms with Crippen molar-refractivity contribution in [3.05, 3.63) is 19.6 Å². The first-order chi connectivity index (χ1) is 3.85. The molecule has 1 unspecified atom stereocenters. The normalized spacial score (nSPS) is 13.2. The Hall–Kier alpha value is -0.260. The average molecular weight is 110 g/mol. The summed E-state index contributed by atoms with van der Waals surface area (Å²) in [5, 5.41) is 0. The van der Waals surface area contributed by atoms with Crippen LogP contribution in [-0.4, -0.2) is 0 Å². The van der Waals surface area contributed by atoms with E-state index in [4.69, 9.17) is 6.58 Å². The lowest BCUT2D eigenvalue weighted by Gasteiger charge is -2.04. The van der Waals surface area contributed by atoms with Crippen LogP contribution in [0.15, 0.2) is 6.08 Å². The van der Waals surface area contributed by atoms with Crippen molar-refractivity contribution in [2.75, 3.05) is 0 Å². The number of rotatable bonds is 4. The molecule has 0 spiro atoms. The van der Waals surface area contributed by atoms with Gasteiger partial charge in [-0.3, -0.25) is 0 Å². The highest BCUT2D eigenvalue weighted by molar-refractivity contribution is 4.74. The Morgan fingerprint density at radius 3 is 2.50 bits per heavy atom. The van der Waals surface area contributed by atoms with Crippen LogP contribution in [0.2, 0.25) is 0 Å². The summed E-state index contributed by atoms with van der Waals surface area (Å²) in [6, 6.07) is 0. The van der Waals surface area contributed by atoms with Crippen LogP contribution in [0.25, 0.3) is 0 Å². The highest BCUT2D eigenvalue weighted by atomic mass is 14.0. The van der Waals surface area contributed by atoms with Crippen LogP contribution in [-0.2, 0) is 0 Å². The van der Waals surface area contributed by atoms with E-state index in [-0.39, 0.29) is 0 Å². The maximum Gasteiger partial charge on any atom is -0.0233 e. The van der Waals surface area contributed by atoms with E-state index in [1.54, 1.807) is 6.08 Å². The van der Waals surface area contributed by atoms with Gasteiger partial charge in [0, 0.05) is 0 Å². The summed E-state index contributed by atoms with van der Waals surface area (Å²) < 4.78 is 0. The van der Waals surface area contributed by atoms with Gasteiger partial charge < -0.3 is 0 Å². The zero-order chi connectivity index (χ0) is 6.41. The molecule has 0 aliphatic heterocycles. The van der Waals surface area contributed by atoms with Gasteiger partial charge in [-0.15, -0.1) is 0 Å². The van der Waals surface area contributed by atoms with Crippen LogP contribution in [0, 0.1) is 19.4 Å². The van der Waals surface area contributed by atoms with Crippen LogP contribution in [0.4, 0.5) is 0 Å². The van der Waals surface area contributed by atoms with Crippen molar-refractivity contribution in [3.8, 4) is 0 Å². The maximum atomic E-state index is 5.32. The molecule has 0 aliphatic rings. The molecule has 2 radical (unpaired) electrons. The van der Waals surface area contributed by atoms with Crippen molar-refractivity contribution in [2.24, 2.45) is 5.92 Å². The molecule has 0 heteroatoms. The molecule has 0 aromatic rings. The Bertz CT molecular complexity index is 55.1. The molecular weight excluding hydrogens is 96.1 g/mol. The van der Waals surface area contributed by atoms with Gasteiger partial charge in [0.25, 0.3) is 0 Å². The van der Waals surface area contributed by atoms with Gasteiger partial charge in [0.1, 0.15) is 0 Å². The zero-order valence-corrected chi connectivity index (χ0v) is 5.56. The predicted molar refractivity (Wildman–Crippen MR) is 37.2 cm³/mol. The Labute approximate surface area is 52.6 Å². The van der Waals surface area contributed by atoms with E-state index in [2.05, 4.69) is 13.8 Å². The standard InChI is InChI=1S/C8H14/c1-4-7-8(5-2)6-3/h2,5,8H,1,4,6-7H2,3H3. The molecule has 0 aromatic carbocycles. The van der Waals surface area contributed by atoms with Gasteiger partial charge in [0.05, 0.1) is 0 Å². The van der Waals surface area contributed by atoms with Gasteiger partial charge in [-0.25, -0.2) is 0 Å². The van der Waals surface area contributed by atoms with Crippen LogP contribution >= 0.6 is 0 Å². The predicted octanol–water partition coefficient (Wildman–Crippen LogP) is 2.62. The number of hydrogen-bond donors (Lipinski definition) is 0. The molecule has 0 saturated carbocycles. The van der Waals surface area contributed by atoms with E-state index in [9.17, 15) is 0 Å². The molecule has 0 heterocycles. The summed E-state index contributed by atoms with van der Waals surface area (Å²) in [4.78, 5) is 0. The monoisotopic (exact) mass is 110 g/mol. The Morgan fingerprint density at radius 2 is 2.38 bits per heavy atom. The second kappa shape index (κ2) is 4.89. The molecule has 0 bridgehead atoms. The molecule has 0 nitrogen and oxygen atoms in total. The van der Waals surface area contributed by atoms with E-state index in [1.807, 2.05) is 0 Å². The second-order valence-electron chi connectivity index (χ2n) is 2.00. The minimum Gasteiger partial charge on any atom is -0.0814 e. The lowest BCUT2D eigenvalue weighted by molar-refractivity contribution is 0.578. The minimum absolute atomic E-state index is 0.590. The molecule has 0 amide bonds. The fourth-order valence-electron chi connectivity index (χ4n) is 0.699. The summed E-state index contributed by atoms with van der Waals surface area (Å²) in [7, 11) is 0. The van der Waals surface area contributed by atoms with E-state index in [0.717, 1.165) is 19.3 Å². The molecule has 0 fully saturated rings. The first-order valence-electron chi connectivity index (χ1n) is 3.19. The third-order valence-electron chi connectivity index (χ3n) is 1.37. The van der Waals surface area contributed by atoms with Crippen LogP contribution in [0.5, 0.6) is 0 Å². The largest absolute Gasteiger partial charge is 0.0814 e. The fraction of sp³-hybridized carbons (Fsp3) is 0.625. The van der Waals surface area contributed by atoms with Crippen molar-refractivity contribution >= 4 is 0 Å². The summed E-state index contributed by atoms with van der Waals surface area (Å²) >= 11 is 0. The zero-order valence-electron chi connectivity index (χ0n) is 5.56. The van der Waals surface area contributed by atoms with Gasteiger partial charge in [-0.2, -0.15) is 0 Å². The van der Waals surface area contributed by atoms with Crippen molar-refractivity contribution in [1.29, 1.82) is 0 Å². The second-order valence-corrected chi connectivity index (χ2v) is 2.00. The van der Waals surface area contributed by atoms with Crippen molar-refractivity contribution in [3.63, 3.8) is 0 Å². The van der Waals surface area contributed by atoms with Gasteiger partial charge >= 0.3 is 0 Å². The van der Waals surface area contributed by atoms with Gasteiger partial charge in [0.15, 0.2) is 0 Å². The van der Waals surface area contributed by atoms with Gasteiger partial charge in [-0.05, 0) is 18.8 Å². The minimum atomic E-state index is 0.590. The van der Waals surface area contributed by atoms with Gasteiger partial charge in [0.2, 0.25) is 0 Å². The summed E-state index contributed by atoms with van der Waals surface area (Å²) in [6.07, 6.45) is 5.04. The average Bonchev–Trinajstić information content (AvgIpc) is 1.83. The smallest absolute Gasteiger partial charge is 0.0233 e. The number of hydrogen-bond acceptors (Lipinski definition) is 0. The van der Waals surface area contributed by atoms with Crippen molar-refractivity contribution < 1.29 is 0 Å². The lowest BCUT2D eigenvalue weighted by atomic mass is 10.0. The summed E-state index contributed by atoms with van der Waals surface area (Å²) in [5.41, 5.74) is 0. The Morgan fingerprint density at radius 1 is 1.75 bits per heavy atom. The molecule has 0 saturated heterocycles. The molecule has 8 heavy (non-hydrogen) atoms. The molecule has 1 atom stereocenters. The summed E-state index contributed by atoms with van der Waals surface area (Å²) in [5.74, 6) is 0.590. The van der Waals surface area contributed by atoms with E-state index in [1.165, 1.54) is 0 Å². The molecule has 0 N–H and O–H groups in total. The first-order valence-corrected chi connectivity index (χ1v) is 3.19. The molecule has 0 aromatic heterocycles. The lowest BCUT2D eigenvalue weighted by Crippen LogP contribution is -1.90. The molecule has 0 rings (SSSR count). The number of allylic oxidation sites excluding steroid dienone is 1.